The molecule has 7 heteroatoms. The smallest absolute Gasteiger partial charge is 0.266 e. The molecule has 1 N–H and O–H groups in total. The van der Waals surface area contributed by atoms with E-state index in [-0.39, 0.29) is 29.8 Å². The van der Waals surface area contributed by atoms with Crippen LogP contribution in [0.3, 0.4) is 0 Å². The lowest BCUT2D eigenvalue weighted by Crippen LogP contribution is -2.37. The Morgan fingerprint density at radius 2 is 1.59 bits per heavy atom. The number of fused-ring (bicyclic) bond motifs is 1. The molecule has 2 aliphatic rings. The lowest BCUT2D eigenvalue weighted by molar-refractivity contribution is 0.0923. The van der Waals surface area contributed by atoms with Crippen molar-refractivity contribution >= 4 is 35.8 Å². The van der Waals surface area contributed by atoms with Gasteiger partial charge in [0.05, 0.1) is 16.8 Å². The van der Waals surface area contributed by atoms with E-state index >= 15 is 0 Å². The minimum atomic E-state index is -0.394. The number of rotatable bonds is 5. The van der Waals surface area contributed by atoms with Crippen molar-refractivity contribution in [2.24, 2.45) is 0 Å². The number of nitrogens with zero attached hydrogens (tertiary/aromatic N) is 2. The molecule has 2 aromatic carbocycles. The number of benzene rings is 2. The molecule has 2 aliphatic heterocycles. The molecule has 0 aromatic heterocycles. The number of hydrogen-bond acceptors (Lipinski definition) is 4. The van der Waals surface area contributed by atoms with Crippen molar-refractivity contribution in [2.75, 3.05) is 31.1 Å². The minimum Gasteiger partial charge on any atom is -0.351 e. The molecule has 0 aliphatic carbocycles. The number of anilines is 1. The van der Waals surface area contributed by atoms with Crippen LogP contribution in [0.4, 0.5) is 5.69 Å². The second kappa shape index (κ2) is 9.20. The fourth-order valence-electron chi connectivity index (χ4n) is 3.81. The van der Waals surface area contributed by atoms with Gasteiger partial charge in [0.1, 0.15) is 0 Å². The molecule has 2 aromatic rings. The average molecular weight is 414 g/mol. The number of carbonyl (C=O) groups is 3. The Morgan fingerprint density at radius 3 is 2.31 bits per heavy atom. The van der Waals surface area contributed by atoms with E-state index in [1.165, 1.54) is 25.3 Å². The van der Waals surface area contributed by atoms with Crippen LogP contribution in [0.25, 0.3) is 0 Å². The number of para-hydroxylation sites is 1. The summed E-state index contributed by atoms with van der Waals surface area (Å²) in [6.45, 7) is 3.57. The standard InChI is InChI=1S/C22H23N3O3.ClH/c26-20(23-11-14-24-12-5-2-6-13-24)16-9-10-18-19(15-16)22(28)25(21(18)27)17-7-3-1-4-8-17;/h1,3-4,7-10,15H,2,5-6,11-14H2,(H,23,26);1H. The van der Waals surface area contributed by atoms with E-state index in [0.29, 0.717) is 23.4 Å². The summed E-state index contributed by atoms with van der Waals surface area (Å²) in [6.07, 6.45) is 3.71. The van der Waals surface area contributed by atoms with E-state index in [4.69, 9.17) is 0 Å². The van der Waals surface area contributed by atoms with Crippen LogP contribution >= 0.6 is 12.4 Å². The van der Waals surface area contributed by atoms with Crippen LogP contribution in [0.15, 0.2) is 48.5 Å². The second-order valence-electron chi connectivity index (χ2n) is 7.20. The Morgan fingerprint density at radius 1 is 0.897 bits per heavy atom. The fraction of sp³-hybridized carbons (Fsp3) is 0.318. The fourth-order valence-corrected chi connectivity index (χ4v) is 3.81. The molecule has 0 unspecified atom stereocenters. The molecule has 1 saturated heterocycles. The quantitative estimate of drug-likeness (QED) is 0.764. The van der Waals surface area contributed by atoms with E-state index in [9.17, 15) is 14.4 Å². The lowest BCUT2D eigenvalue weighted by atomic mass is 10.1. The predicted octanol–water partition coefficient (Wildman–Crippen LogP) is 3.12. The van der Waals surface area contributed by atoms with Crippen molar-refractivity contribution in [1.82, 2.24) is 10.2 Å². The highest BCUT2D eigenvalue weighted by Crippen LogP contribution is 2.28. The molecule has 0 atom stereocenters. The number of nitrogens with one attached hydrogen (secondary N) is 1. The topological polar surface area (TPSA) is 69.7 Å². The maximum absolute atomic E-state index is 12.8. The van der Waals surface area contributed by atoms with Gasteiger partial charge in [0, 0.05) is 18.7 Å². The number of carbonyl (C=O) groups excluding carboxylic acids is 3. The van der Waals surface area contributed by atoms with Crippen LogP contribution < -0.4 is 10.2 Å². The highest BCUT2D eigenvalue weighted by molar-refractivity contribution is 6.34. The van der Waals surface area contributed by atoms with Crippen molar-refractivity contribution in [2.45, 2.75) is 19.3 Å². The summed E-state index contributed by atoms with van der Waals surface area (Å²) >= 11 is 0. The van der Waals surface area contributed by atoms with Gasteiger partial charge in [-0.05, 0) is 56.3 Å². The molecule has 3 amide bonds. The number of imide groups is 1. The maximum Gasteiger partial charge on any atom is 0.266 e. The van der Waals surface area contributed by atoms with Gasteiger partial charge in [0.2, 0.25) is 0 Å². The first-order valence-corrected chi connectivity index (χ1v) is 9.73. The first-order chi connectivity index (χ1) is 13.6. The zero-order valence-corrected chi connectivity index (χ0v) is 16.9. The second-order valence-corrected chi connectivity index (χ2v) is 7.20. The highest BCUT2D eigenvalue weighted by Gasteiger charge is 2.37. The molecule has 6 nitrogen and oxygen atoms in total. The molecule has 29 heavy (non-hydrogen) atoms. The Bertz CT molecular complexity index is 911. The molecule has 2 heterocycles. The van der Waals surface area contributed by atoms with Crippen molar-refractivity contribution in [3.8, 4) is 0 Å². The van der Waals surface area contributed by atoms with E-state index in [0.717, 1.165) is 24.5 Å². The Labute approximate surface area is 176 Å². The molecule has 0 bridgehead atoms. The summed E-state index contributed by atoms with van der Waals surface area (Å²) in [7, 11) is 0. The molecule has 152 valence electrons. The van der Waals surface area contributed by atoms with E-state index in [2.05, 4.69) is 10.2 Å². The summed E-state index contributed by atoms with van der Waals surface area (Å²) in [5.41, 5.74) is 1.53. The van der Waals surface area contributed by atoms with Gasteiger partial charge in [-0.15, -0.1) is 12.4 Å². The van der Waals surface area contributed by atoms with Crippen molar-refractivity contribution < 1.29 is 14.4 Å². The summed E-state index contributed by atoms with van der Waals surface area (Å²) in [5, 5.41) is 2.92. The number of piperidine rings is 1. The minimum absolute atomic E-state index is 0. The van der Waals surface area contributed by atoms with Gasteiger partial charge in [-0.2, -0.15) is 0 Å². The molecule has 4 rings (SSSR count). The highest BCUT2D eigenvalue weighted by atomic mass is 35.5. The first-order valence-electron chi connectivity index (χ1n) is 9.73. The molecular formula is C22H24ClN3O3. The average Bonchev–Trinajstić information content (AvgIpc) is 2.99. The summed E-state index contributed by atoms with van der Waals surface area (Å²) in [5.74, 6) is -0.976. The molecule has 0 radical (unpaired) electrons. The van der Waals surface area contributed by atoms with Crippen molar-refractivity contribution in [3.05, 3.63) is 65.2 Å². The van der Waals surface area contributed by atoms with E-state index < -0.39 is 5.91 Å². The largest absolute Gasteiger partial charge is 0.351 e. The van der Waals surface area contributed by atoms with Gasteiger partial charge in [0.15, 0.2) is 0 Å². The number of amides is 3. The van der Waals surface area contributed by atoms with Gasteiger partial charge in [-0.25, -0.2) is 4.90 Å². The van der Waals surface area contributed by atoms with Crippen LogP contribution in [0, 0.1) is 0 Å². The third-order valence-electron chi connectivity index (χ3n) is 5.33. The third kappa shape index (κ3) is 4.33. The lowest BCUT2D eigenvalue weighted by Gasteiger charge is -2.26. The number of halogens is 1. The number of likely N-dealkylation sites (tertiary alicyclic amines) is 1. The van der Waals surface area contributed by atoms with Gasteiger partial charge < -0.3 is 10.2 Å². The summed E-state index contributed by atoms with van der Waals surface area (Å²) in [6, 6.07) is 13.5. The van der Waals surface area contributed by atoms with Gasteiger partial charge in [-0.3, -0.25) is 14.4 Å². The molecule has 1 fully saturated rings. The van der Waals surface area contributed by atoms with Crippen LogP contribution in [-0.2, 0) is 0 Å². The normalized spacial score (nSPS) is 16.3. The summed E-state index contributed by atoms with van der Waals surface area (Å²) in [4.78, 5) is 41.4. The predicted molar refractivity (Wildman–Crippen MR) is 114 cm³/mol. The zero-order valence-electron chi connectivity index (χ0n) is 16.1. The molecular weight excluding hydrogens is 390 g/mol. The SMILES string of the molecule is Cl.O=C(NCCN1CCCCC1)c1ccc2c(c1)C(=O)N(c1ccccc1)C2=O. The van der Waals surface area contributed by atoms with E-state index in [1.54, 1.807) is 36.4 Å². The van der Waals surface area contributed by atoms with Crippen LogP contribution in [0.2, 0.25) is 0 Å². The number of hydrogen-bond donors (Lipinski definition) is 1. The Hall–Kier alpha value is -2.70. The Kier molecular flexibility index (Phi) is 6.67. The molecule has 0 saturated carbocycles. The molecule has 0 spiro atoms. The van der Waals surface area contributed by atoms with Crippen LogP contribution in [-0.4, -0.2) is 48.8 Å². The third-order valence-corrected chi connectivity index (χ3v) is 5.33. The Balaban J connectivity index is 0.00000240. The van der Waals surface area contributed by atoms with Crippen LogP contribution in [0.1, 0.15) is 50.3 Å². The zero-order chi connectivity index (χ0) is 19.5. The van der Waals surface area contributed by atoms with Crippen molar-refractivity contribution in [1.29, 1.82) is 0 Å². The van der Waals surface area contributed by atoms with Crippen molar-refractivity contribution in [3.63, 3.8) is 0 Å². The van der Waals surface area contributed by atoms with Crippen LogP contribution in [0.5, 0.6) is 0 Å². The van der Waals surface area contributed by atoms with E-state index in [1.807, 2.05) is 6.07 Å². The first kappa shape index (κ1) is 21.0. The monoisotopic (exact) mass is 413 g/mol. The summed E-state index contributed by atoms with van der Waals surface area (Å²) < 4.78 is 0. The van der Waals surface area contributed by atoms with Gasteiger partial charge in [0.25, 0.3) is 17.7 Å². The maximum atomic E-state index is 12.8. The van der Waals surface area contributed by atoms with Gasteiger partial charge >= 0.3 is 0 Å². The van der Waals surface area contributed by atoms with Gasteiger partial charge in [-0.1, -0.05) is 24.6 Å².